The number of benzene rings is 1. The van der Waals surface area contributed by atoms with Gasteiger partial charge in [-0.05, 0) is 30.7 Å². The van der Waals surface area contributed by atoms with Crippen LogP contribution in [0.3, 0.4) is 0 Å². The molecule has 0 spiro atoms. The van der Waals surface area contributed by atoms with E-state index in [9.17, 15) is 4.79 Å². The predicted octanol–water partition coefficient (Wildman–Crippen LogP) is -0.424. The Balaban J connectivity index is 0. The third kappa shape index (κ3) is 37.7. The minimum Gasteiger partial charge on any atom is -0.672 e. The first-order valence-electron chi connectivity index (χ1n) is 15.5. The van der Waals surface area contributed by atoms with Gasteiger partial charge in [-0.2, -0.15) is 0 Å². The molecule has 0 aromatic heterocycles. The summed E-state index contributed by atoms with van der Waals surface area (Å²) in [5.41, 5.74) is 1.52. The second-order valence-corrected chi connectivity index (χ2v) is 9.64. The molecule has 1 aromatic carbocycles. The van der Waals surface area contributed by atoms with Crippen LogP contribution in [0.2, 0.25) is 0 Å². The first kappa shape index (κ1) is 48.1. The summed E-state index contributed by atoms with van der Waals surface area (Å²) in [6, 6.07) is 7.29. The Bertz CT molecular complexity index is 809. The van der Waals surface area contributed by atoms with Crippen molar-refractivity contribution in [2.75, 3.05) is 138 Å². The van der Waals surface area contributed by atoms with Crippen molar-refractivity contribution in [1.29, 1.82) is 0 Å². The number of carbonyl (C=O) groups is 1. The Morgan fingerprint density at radius 3 is 1.26 bits per heavy atom. The number of anilines is 1. The number of unbranched alkanes of at least 4 members (excludes halogenated alkanes) is 1. The van der Waals surface area contributed by atoms with Crippen LogP contribution in [0, 0.1) is 0 Å². The van der Waals surface area contributed by atoms with Gasteiger partial charge < -0.3 is 66.7 Å². The quantitative estimate of drug-likeness (QED) is 0.0575. The molecule has 0 aliphatic heterocycles. The molecule has 0 atom stereocenters. The van der Waals surface area contributed by atoms with E-state index in [0.29, 0.717) is 118 Å². The summed E-state index contributed by atoms with van der Waals surface area (Å²) in [5.74, 6) is -0.358. The number of carbonyl (C=O) groups excluding carboxylic acids is 1. The monoisotopic (exact) mass is 719 g/mol. The Morgan fingerprint density at radius 1 is 0.617 bits per heavy atom. The molecule has 268 valence electrons. The second-order valence-electron chi connectivity index (χ2n) is 9.14. The fourth-order valence-corrected chi connectivity index (χ4v) is 3.19. The average Bonchev–Trinajstić information content (AvgIpc) is 3.04. The van der Waals surface area contributed by atoms with Gasteiger partial charge in [-0.25, -0.2) is 4.79 Å². The smallest absolute Gasteiger partial charge is 0.672 e. The summed E-state index contributed by atoms with van der Waals surface area (Å²) < 4.78 is 62.0. The van der Waals surface area contributed by atoms with Crippen LogP contribution in [0.5, 0.6) is 0 Å². The van der Waals surface area contributed by atoms with Gasteiger partial charge in [0, 0.05) is 28.5 Å². The van der Waals surface area contributed by atoms with Crippen LogP contribution in [0.15, 0.2) is 24.3 Å². The van der Waals surface area contributed by atoms with Crippen LogP contribution in [-0.4, -0.2) is 185 Å². The van der Waals surface area contributed by atoms with Crippen molar-refractivity contribution in [2.45, 2.75) is 19.8 Å². The van der Waals surface area contributed by atoms with Crippen molar-refractivity contribution in [1.82, 2.24) is 0 Å². The van der Waals surface area contributed by atoms with Gasteiger partial charge in [0.25, 0.3) is 0 Å². The van der Waals surface area contributed by atoms with E-state index in [1.165, 1.54) is 0 Å². The van der Waals surface area contributed by atoms with Gasteiger partial charge in [0.1, 0.15) is 6.61 Å². The zero-order valence-corrected chi connectivity index (χ0v) is 31.3. The Morgan fingerprint density at radius 2 is 0.936 bits per heavy atom. The molecule has 1 rings (SSSR count). The molecule has 0 bridgehead atoms. The molecule has 0 amide bonds. The van der Waals surface area contributed by atoms with E-state index in [1.807, 2.05) is 12.1 Å². The number of methoxy groups -OCH3 is 1. The molecular formula is C30H53CaNO14Si. The summed E-state index contributed by atoms with van der Waals surface area (Å²) in [6.07, 6.45) is 2.25. The SMILES string of the molecule is CCCCNc1ccc(C(=O)OCCOCCOCCOCCOCCOCCOCCOCCOCCOC)cc1.O=[Si]([O-])[O-].[Ca+2]. The summed E-state index contributed by atoms with van der Waals surface area (Å²) in [7, 11) is -1.99. The van der Waals surface area contributed by atoms with Crippen LogP contribution in [0.4, 0.5) is 5.69 Å². The molecule has 0 heterocycles. The summed E-state index contributed by atoms with van der Waals surface area (Å²) in [6.45, 7) is 11.7. The van der Waals surface area contributed by atoms with Gasteiger partial charge in [0.2, 0.25) is 0 Å². The van der Waals surface area contributed by atoms with Crippen molar-refractivity contribution >= 4 is 58.6 Å². The third-order valence-electron chi connectivity index (χ3n) is 5.48. The molecule has 1 N–H and O–H groups in total. The fraction of sp³-hybridized carbons (Fsp3) is 0.767. The minimum absolute atomic E-state index is 0. The molecule has 0 fully saturated rings. The maximum atomic E-state index is 12.1. The Hall–Kier alpha value is -0.993. The van der Waals surface area contributed by atoms with Crippen molar-refractivity contribution < 1.29 is 66.2 Å². The largest absolute Gasteiger partial charge is 2.00 e. The zero-order valence-electron chi connectivity index (χ0n) is 28.1. The van der Waals surface area contributed by atoms with E-state index in [4.69, 9.17) is 61.4 Å². The molecule has 0 aliphatic carbocycles. The van der Waals surface area contributed by atoms with E-state index in [1.54, 1.807) is 19.2 Å². The number of hydrogen-bond donors (Lipinski definition) is 1. The normalized spacial score (nSPS) is 10.5. The summed E-state index contributed by atoms with van der Waals surface area (Å²) in [5, 5.41) is 3.32. The first-order valence-corrected chi connectivity index (χ1v) is 16.7. The van der Waals surface area contributed by atoms with E-state index in [0.717, 1.165) is 25.1 Å². The minimum atomic E-state index is -3.63. The molecule has 0 saturated heterocycles. The van der Waals surface area contributed by atoms with E-state index < -0.39 is 9.17 Å². The first-order chi connectivity index (χ1) is 22.5. The number of ether oxygens (including phenoxy) is 10. The predicted molar refractivity (Wildman–Crippen MR) is 171 cm³/mol. The maximum absolute atomic E-state index is 12.1. The second kappa shape index (κ2) is 39.4. The number of nitrogens with one attached hydrogen (secondary N) is 1. The van der Waals surface area contributed by atoms with E-state index in [-0.39, 0.29) is 50.3 Å². The average molecular weight is 720 g/mol. The van der Waals surface area contributed by atoms with Crippen LogP contribution >= 0.6 is 0 Å². The van der Waals surface area contributed by atoms with Crippen molar-refractivity contribution in [2.24, 2.45) is 0 Å². The number of esters is 1. The van der Waals surface area contributed by atoms with Gasteiger partial charge in [0.15, 0.2) is 0 Å². The number of rotatable bonds is 32. The van der Waals surface area contributed by atoms with E-state index >= 15 is 0 Å². The van der Waals surface area contributed by atoms with Crippen LogP contribution in [-0.2, 0) is 51.8 Å². The molecule has 0 saturated carbocycles. The van der Waals surface area contributed by atoms with Gasteiger partial charge >= 0.3 is 43.7 Å². The van der Waals surface area contributed by atoms with E-state index in [2.05, 4.69) is 12.2 Å². The van der Waals surface area contributed by atoms with Gasteiger partial charge in [-0.15, -0.1) is 0 Å². The summed E-state index contributed by atoms with van der Waals surface area (Å²) in [4.78, 5) is 29.1. The van der Waals surface area contributed by atoms with Crippen LogP contribution in [0.1, 0.15) is 30.1 Å². The zero-order chi connectivity index (χ0) is 33.8. The van der Waals surface area contributed by atoms with Crippen molar-refractivity contribution in [3.05, 3.63) is 29.8 Å². The van der Waals surface area contributed by atoms with Gasteiger partial charge in [-0.3, -0.25) is 0 Å². The summed E-state index contributed by atoms with van der Waals surface area (Å²) >= 11 is 0. The van der Waals surface area contributed by atoms with Gasteiger partial charge in [-0.1, -0.05) is 13.3 Å². The third-order valence-corrected chi connectivity index (χ3v) is 5.48. The molecule has 1 aromatic rings. The maximum Gasteiger partial charge on any atom is 2.00 e. The van der Waals surface area contributed by atoms with Gasteiger partial charge in [0.05, 0.1) is 118 Å². The van der Waals surface area contributed by atoms with Crippen LogP contribution in [0.25, 0.3) is 0 Å². The fourth-order valence-electron chi connectivity index (χ4n) is 3.19. The van der Waals surface area contributed by atoms with Crippen molar-refractivity contribution in [3.63, 3.8) is 0 Å². The van der Waals surface area contributed by atoms with Crippen molar-refractivity contribution in [3.8, 4) is 0 Å². The molecule has 15 nitrogen and oxygen atoms in total. The molecule has 0 radical (unpaired) electrons. The molecular weight excluding hydrogens is 666 g/mol. The molecule has 17 heteroatoms. The number of hydrogen-bond acceptors (Lipinski definition) is 15. The van der Waals surface area contributed by atoms with Crippen LogP contribution < -0.4 is 14.9 Å². The molecule has 0 unspecified atom stereocenters. The standard InChI is InChI=1S/C30H53NO11.Ca.O3Si/c1-3-4-9-31-29-7-5-28(6-8-29)30(32)42-27-26-41-25-24-40-23-22-39-21-20-38-19-18-37-17-16-36-15-14-35-13-12-34-11-10-33-2;;1-4(2)3/h5-8,31H,3-4,9-27H2,1-2H3;;/q;+2;-2. The molecule has 47 heavy (non-hydrogen) atoms. The Kier molecular flexibility index (Phi) is 40.4. The molecule has 0 aliphatic rings. The Labute approximate surface area is 310 Å². The topological polar surface area (TPSA) is 185 Å².